The number of rotatable bonds is 3. The molecule has 1 aliphatic rings. The molecular weight excluding hydrogens is 241 g/mol. The molecule has 1 unspecified atom stereocenters. The lowest BCUT2D eigenvalue weighted by Gasteiger charge is -2.38. The Morgan fingerprint density at radius 1 is 1.53 bits per heavy atom. The Bertz CT molecular complexity index is 386. The Morgan fingerprint density at radius 2 is 2.35 bits per heavy atom. The smallest absolute Gasteiger partial charge is 0.129 e. The van der Waals surface area contributed by atoms with Crippen LogP contribution in [0.3, 0.4) is 0 Å². The molecule has 0 N–H and O–H groups in total. The average molecular weight is 258 g/mol. The zero-order valence-electron chi connectivity index (χ0n) is 9.96. The van der Waals surface area contributed by atoms with Crippen LogP contribution in [0.4, 0.5) is 10.1 Å². The van der Waals surface area contributed by atoms with E-state index in [1.807, 2.05) is 6.07 Å². The number of halogens is 2. The van der Waals surface area contributed by atoms with Crippen LogP contribution in [0.1, 0.15) is 18.9 Å². The van der Waals surface area contributed by atoms with E-state index < -0.39 is 0 Å². The van der Waals surface area contributed by atoms with Crippen molar-refractivity contribution in [2.45, 2.75) is 25.3 Å². The van der Waals surface area contributed by atoms with Crippen molar-refractivity contribution in [3.63, 3.8) is 0 Å². The van der Waals surface area contributed by atoms with Gasteiger partial charge in [-0.2, -0.15) is 0 Å². The summed E-state index contributed by atoms with van der Waals surface area (Å²) < 4.78 is 19.2. The second-order valence-corrected chi connectivity index (χ2v) is 4.47. The molecule has 0 radical (unpaired) electrons. The van der Waals surface area contributed by atoms with Crippen LogP contribution < -0.4 is 4.90 Å². The van der Waals surface area contributed by atoms with Gasteiger partial charge in [0.2, 0.25) is 0 Å². The van der Waals surface area contributed by atoms with Crippen LogP contribution in [0.5, 0.6) is 0 Å². The van der Waals surface area contributed by atoms with Gasteiger partial charge in [-0.15, -0.1) is 11.6 Å². The van der Waals surface area contributed by atoms with Gasteiger partial charge in [-0.05, 0) is 18.6 Å². The summed E-state index contributed by atoms with van der Waals surface area (Å²) in [6.07, 6.45) is 0.984. The van der Waals surface area contributed by atoms with Crippen molar-refractivity contribution in [3.8, 4) is 0 Å². The highest BCUT2D eigenvalue weighted by Crippen LogP contribution is 2.28. The molecule has 1 aromatic rings. The molecule has 2 nitrogen and oxygen atoms in total. The molecular formula is C13H17ClFNO. The van der Waals surface area contributed by atoms with Gasteiger partial charge in [-0.1, -0.05) is 13.0 Å². The van der Waals surface area contributed by atoms with E-state index in [0.717, 1.165) is 18.7 Å². The molecule has 0 amide bonds. The van der Waals surface area contributed by atoms with Gasteiger partial charge in [0, 0.05) is 17.8 Å². The van der Waals surface area contributed by atoms with Crippen molar-refractivity contribution >= 4 is 17.3 Å². The van der Waals surface area contributed by atoms with Crippen LogP contribution >= 0.6 is 11.6 Å². The fraction of sp³-hybridized carbons (Fsp3) is 0.538. The van der Waals surface area contributed by atoms with E-state index in [4.69, 9.17) is 16.3 Å². The quantitative estimate of drug-likeness (QED) is 0.771. The average Bonchev–Trinajstić information content (AvgIpc) is 2.38. The molecule has 1 aliphatic heterocycles. The lowest BCUT2D eigenvalue weighted by molar-refractivity contribution is 0.0929. The van der Waals surface area contributed by atoms with Gasteiger partial charge in [0.05, 0.1) is 25.1 Å². The first-order valence-electron chi connectivity index (χ1n) is 5.95. The van der Waals surface area contributed by atoms with Gasteiger partial charge < -0.3 is 9.64 Å². The normalized spacial score (nSPS) is 20.6. The van der Waals surface area contributed by atoms with Crippen LogP contribution in [0.15, 0.2) is 18.2 Å². The van der Waals surface area contributed by atoms with Gasteiger partial charge in [-0.25, -0.2) is 4.39 Å². The maximum atomic E-state index is 13.7. The van der Waals surface area contributed by atoms with Crippen LogP contribution in [-0.4, -0.2) is 25.8 Å². The lowest BCUT2D eigenvalue weighted by atomic mass is 10.1. The second-order valence-electron chi connectivity index (χ2n) is 4.20. The molecule has 1 atom stereocenters. The van der Waals surface area contributed by atoms with Gasteiger partial charge >= 0.3 is 0 Å². The molecule has 1 saturated heterocycles. The zero-order chi connectivity index (χ0) is 12.3. The fourth-order valence-electron chi connectivity index (χ4n) is 2.26. The van der Waals surface area contributed by atoms with Crippen molar-refractivity contribution in [2.24, 2.45) is 0 Å². The SMILES string of the molecule is CCC1COCCN1c1cccc(F)c1CCl. The topological polar surface area (TPSA) is 12.5 Å². The predicted octanol–water partition coefficient (Wildman–Crippen LogP) is 3.18. The third kappa shape index (κ3) is 2.55. The predicted molar refractivity (Wildman–Crippen MR) is 68.2 cm³/mol. The van der Waals surface area contributed by atoms with E-state index in [1.165, 1.54) is 6.07 Å². The van der Waals surface area contributed by atoms with Crippen molar-refractivity contribution < 1.29 is 9.13 Å². The molecule has 2 rings (SSSR count). The summed E-state index contributed by atoms with van der Waals surface area (Å²) in [4.78, 5) is 2.21. The number of nitrogens with zero attached hydrogens (tertiary/aromatic N) is 1. The van der Waals surface area contributed by atoms with Gasteiger partial charge in [0.1, 0.15) is 5.82 Å². The molecule has 1 heterocycles. The molecule has 0 bridgehead atoms. The van der Waals surface area contributed by atoms with E-state index in [0.29, 0.717) is 24.8 Å². The zero-order valence-corrected chi connectivity index (χ0v) is 10.7. The van der Waals surface area contributed by atoms with Gasteiger partial charge in [0.15, 0.2) is 0 Å². The highest BCUT2D eigenvalue weighted by atomic mass is 35.5. The number of hydrogen-bond donors (Lipinski definition) is 0. The number of alkyl halides is 1. The monoisotopic (exact) mass is 257 g/mol. The third-order valence-corrected chi connectivity index (χ3v) is 3.50. The summed E-state index contributed by atoms with van der Waals surface area (Å²) in [5.74, 6) is -0.0191. The standard InChI is InChI=1S/C13H17ClFNO/c1-2-10-9-17-7-6-16(10)13-5-3-4-12(15)11(13)8-14/h3-5,10H,2,6-9H2,1H3. The van der Waals surface area contributed by atoms with E-state index in [9.17, 15) is 4.39 Å². The number of ether oxygens (including phenoxy) is 1. The molecule has 17 heavy (non-hydrogen) atoms. The van der Waals surface area contributed by atoms with E-state index >= 15 is 0 Å². The Hall–Kier alpha value is -0.800. The first-order valence-corrected chi connectivity index (χ1v) is 6.49. The number of hydrogen-bond acceptors (Lipinski definition) is 2. The van der Waals surface area contributed by atoms with E-state index in [2.05, 4.69) is 11.8 Å². The molecule has 1 aromatic carbocycles. The molecule has 0 aromatic heterocycles. The van der Waals surface area contributed by atoms with Crippen molar-refractivity contribution in [2.75, 3.05) is 24.7 Å². The number of anilines is 1. The first kappa shape index (κ1) is 12.7. The number of morpholine rings is 1. The Kier molecular flexibility index (Phi) is 4.24. The van der Waals surface area contributed by atoms with Gasteiger partial charge in [0.25, 0.3) is 0 Å². The summed E-state index contributed by atoms with van der Waals surface area (Å²) in [7, 11) is 0. The maximum Gasteiger partial charge on any atom is 0.129 e. The van der Waals surface area contributed by atoms with E-state index in [-0.39, 0.29) is 11.7 Å². The highest BCUT2D eigenvalue weighted by molar-refractivity contribution is 6.17. The summed E-state index contributed by atoms with van der Waals surface area (Å²) in [5.41, 5.74) is 1.50. The minimum absolute atomic E-state index is 0.204. The second kappa shape index (κ2) is 5.69. The summed E-state index contributed by atoms with van der Waals surface area (Å²) in [6.45, 7) is 4.31. The van der Waals surface area contributed by atoms with Crippen molar-refractivity contribution in [1.29, 1.82) is 0 Å². The maximum absolute atomic E-state index is 13.7. The molecule has 4 heteroatoms. The summed E-state index contributed by atoms with van der Waals surface area (Å²) >= 11 is 5.85. The third-order valence-electron chi connectivity index (χ3n) is 3.24. The van der Waals surface area contributed by atoms with Gasteiger partial charge in [-0.3, -0.25) is 0 Å². The van der Waals surface area contributed by atoms with Crippen LogP contribution in [0.25, 0.3) is 0 Å². The Labute approximate surface area is 106 Å². The molecule has 0 aliphatic carbocycles. The largest absolute Gasteiger partial charge is 0.377 e. The fourth-order valence-corrected chi connectivity index (χ4v) is 2.52. The lowest BCUT2D eigenvalue weighted by Crippen LogP contribution is -2.45. The summed E-state index contributed by atoms with van der Waals surface area (Å²) in [5, 5.41) is 0. The minimum Gasteiger partial charge on any atom is -0.377 e. The molecule has 0 saturated carbocycles. The molecule has 94 valence electrons. The molecule has 1 fully saturated rings. The Morgan fingerprint density at radius 3 is 3.06 bits per heavy atom. The Balaban J connectivity index is 2.34. The number of benzene rings is 1. The van der Waals surface area contributed by atoms with Crippen LogP contribution in [0.2, 0.25) is 0 Å². The van der Waals surface area contributed by atoms with Crippen molar-refractivity contribution in [1.82, 2.24) is 0 Å². The first-order chi connectivity index (χ1) is 8.27. The molecule has 0 spiro atoms. The minimum atomic E-state index is -0.223. The summed E-state index contributed by atoms with van der Waals surface area (Å²) in [6, 6.07) is 5.45. The van der Waals surface area contributed by atoms with Crippen molar-refractivity contribution in [3.05, 3.63) is 29.6 Å². The van der Waals surface area contributed by atoms with Crippen LogP contribution in [-0.2, 0) is 10.6 Å². The highest BCUT2D eigenvalue weighted by Gasteiger charge is 2.24. The van der Waals surface area contributed by atoms with E-state index in [1.54, 1.807) is 6.07 Å². The van der Waals surface area contributed by atoms with Crippen LogP contribution in [0, 0.1) is 5.82 Å².